The highest BCUT2D eigenvalue weighted by atomic mass is 16.2. The zero-order valence-electron chi connectivity index (χ0n) is 16.8. The molecule has 0 bridgehead atoms. The molecule has 1 aliphatic heterocycles. The van der Waals surface area contributed by atoms with E-state index in [1.54, 1.807) is 6.07 Å². The lowest BCUT2D eigenvalue weighted by Crippen LogP contribution is -2.49. The molecule has 2 aromatic carbocycles. The fourth-order valence-corrected chi connectivity index (χ4v) is 3.54. The lowest BCUT2D eigenvalue weighted by molar-refractivity contribution is 0.0740. The molecule has 1 saturated heterocycles. The van der Waals surface area contributed by atoms with Gasteiger partial charge in [0.15, 0.2) is 0 Å². The van der Waals surface area contributed by atoms with Crippen LogP contribution in [-0.2, 0) is 0 Å². The first-order valence-electron chi connectivity index (χ1n) is 9.88. The zero-order valence-corrected chi connectivity index (χ0v) is 16.8. The molecule has 4 rings (SSSR count). The Hall–Kier alpha value is -3.41. The molecule has 0 unspecified atom stereocenters. The van der Waals surface area contributed by atoms with Gasteiger partial charge in [-0.25, -0.2) is 9.97 Å². The summed E-state index contributed by atoms with van der Waals surface area (Å²) in [5, 5.41) is 3.24. The summed E-state index contributed by atoms with van der Waals surface area (Å²) in [6.07, 6.45) is 0. The van der Waals surface area contributed by atoms with E-state index in [-0.39, 0.29) is 5.91 Å². The van der Waals surface area contributed by atoms with Crippen LogP contribution in [0.5, 0.6) is 0 Å². The monoisotopic (exact) mass is 387 g/mol. The normalized spacial score (nSPS) is 14.0. The number of anilines is 3. The highest BCUT2D eigenvalue weighted by molar-refractivity contribution is 5.93. The van der Waals surface area contributed by atoms with Crippen LogP contribution in [0, 0.1) is 13.8 Å². The van der Waals surface area contributed by atoms with Crippen LogP contribution < -0.4 is 10.2 Å². The number of para-hydroxylation sites is 2. The number of carbonyl (C=O) groups excluding carboxylic acids is 1. The van der Waals surface area contributed by atoms with E-state index in [4.69, 9.17) is 0 Å². The molecule has 1 amide bonds. The van der Waals surface area contributed by atoms with E-state index in [1.165, 1.54) is 5.69 Å². The molecular formula is C23H25N5O. The first-order valence-corrected chi connectivity index (χ1v) is 9.88. The van der Waals surface area contributed by atoms with E-state index < -0.39 is 0 Å². The predicted octanol–water partition coefficient (Wildman–Crippen LogP) is 3.80. The number of rotatable bonds is 4. The van der Waals surface area contributed by atoms with Crippen molar-refractivity contribution in [2.24, 2.45) is 0 Å². The summed E-state index contributed by atoms with van der Waals surface area (Å²) in [6.45, 7) is 6.89. The van der Waals surface area contributed by atoms with Crippen LogP contribution in [0.4, 0.5) is 17.3 Å². The number of nitrogens with one attached hydrogen (secondary N) is 1. The number of benzene rings is 2. The van der Waals surface area contributed by atoms with Crippen molar-refractivity contribution < 1.29 is 4.79 Å². The average Bonchev–Trinajstić information content (AvgIpc) is 2.75. The van der Waals surface area contributed by atoms with Crippen molar-refractivity contribution >= 4 is 23.2 Å². The van der Waals surface area contributed by atoms with Gasteiger partial charge in [0.25, 0.3) is 5.91 Å². The molecule has 0 saturated carbocycles. The van der Waals surface area contributed by atoms with E-state index in [0.717, 1.165) is 30.0 Å². The number of carbonyl (C=O) groups is 1. The second-order valence-corrected chi connectivity index (χ2v) is 7.27. The van der Waals surface area contributed by atoms with E-state index in [0.29, 0.717) is 24.7 Å². The highest BCUT2D eigenvalue weighted by Crippen LogP contribution is 2.20. The molecule has 1 aromatic heterocycles. The number of nitrogens with zero attached hydrogens (tertiary/aromatic N) is 4. The highest BCUT2D eigenvalue weighted by Gasteiger charge is 2.24. The van der Waals surface area contributed by atoms with Gasteiger partial charge >= 0.3 is 0 Å². The lowest BCUT2D eigenvalue weighted by atomic mass is 10.2. The maximum absolute atomic E-state index is 13.1. The third-order valence-corrected chi connectivity index (χ3v) is 5.15. The Morgan fingerprint density at radius 3 is 2.31 bits per heavy atom. The summed E-state index contributed by atoms with van der Waals surface area (Å²) in [5.41, 5.74) is 4.43. The van der Waals surface area contributed by atoms with Gasteiger partial charge in [0.2, 0.25) is 5.95 Å². The van der Waals surface area contributed by atoms with Crippen molar-refractivity contribution in [3.05, 3.63) is 77.6 Å². The molecule has 0 atom stereocenters. The Balaban J connectivity index is 1.46. The SMILES string of the molecule is Cc1cc(C(=O)N2CCN(c3ccccc3)CC2)nc(Nc2ccccc2C)n1. The summed E-state index contributed by atoms with van der Waals surface area (Å²) >= 11 is 0. The van der Waals surface area contributed by atoms with Gasteiger partial charge < -0.3 is 15.1 Å². The van der Waals surface area contributed by atoms with Crippen LogP contribution in [0.3, 0.4) is 0 Å². The zero-order chi connectivity index (χ0) is 20.2. The Bertz CT molecular complexity index is 997. The average molecular weight is 387 g/mol. The Morgan fingerprint density at radius 2 is 1.59 bits per heavy atom. The van der Waals surface area contributed by atoms with Crippen LogP contribution in [0.1, 0.15) is 21.7 Å². The summed E-state index contributed by atoms with van der Waals surface area (Å²) in [5.74, 6) is 0.404. The molecule has 1 fully saturated rings. The van der Waals surface area contributed by atoms with Crippen LogP contribution in [0.15, 0.2) is 60.7 Å². The molecule has 0 aliphatic carbocycles. The van der Waals surface area contributed by atoms with Gasteiger partial charge in [0.05, 0.1) is 0 Å². The minimum atomic E-state index is -0.0453. The van der Waals surface area contributed by atoms with Crippen molar-refractivity contribution in [3.63, 3.8) is 0 Å². The van der Waals surface area contributed by atoms with E-state index in [2.05, 4.69) is 32.3 Å². The minimum absolute atomic E-state index is 0.0453. The van der Waals surface area contributed by atoms with Gasteiger partial charge in [-0.15, -0.1) is 0 Å². The molecule has 6 nitrogen and oxygen atoms in total. The van der Waals surface area contributed by atoms with Crippen LogP contribution >= 0.6 is 0 Å². The van der Waals surface area contributed by atoms with E-state index in [9.17, 15) is 4.79 Å². The quantitative estimate of drug-likeness (QED) is 0.738. The first-order chi connectivity index (χ1) is 14.1. The molecule has 6 heteroatoms. The van der Waals surface area contributed by atoms with Gasteiger partial charge in [0, 0.05) is 43.2 Å². The van der Waals surface area contributed by atoms with Gasteiger partial charge in [-0.3, -0.25) is 4.79 Å². The summed E-state index contributed by atoms with van der Waals surface area (Å²) in [6, 6.07) is 20.0. The van der Waals surface area contributed by atoms with Crippen molar-refractivity contribution in [2.75, 3.05) is 36.4 Å². The Kier molecular flexibility index (Phi) is 5.42. The van der Waals surface area contributed by atoms with E-state index >= 15 is 0 Å². The van der Waals surface area contributed by atoms with Crippen molar-refractivity contribution in [1.82, 2.24) is 14.9 Å². The Labute approximate surface area is 171 Å². The van der Waals surface area contributed by atoms with E-state index in [1.807, 2.05) is 61.2 Å². The standard InChI is InChI=1S/C23H25N5O/c1-17-8-6-7-11-20(17)25-23-24-18(2)16-21(26-23)22(29)28-14-12-27(13-15-28)19-9-4-3-5-10-19/h3-11,16H,12-15H2,1-2H3,(H,24,25,26). The van der Waals surface area contributed by atoms with Crippen LogP contribution in [0.25, 0.3) is 0 Å². The number of piperazine rings is 1. The first kappa shape index (κ1) is 18.9. The number of aromatic nitrogens is 2. The van der Waals surface area contributed by atoms with Gasteiger partial charge in [-0.1, -0.05) is 36.4 Å². The van der Waals surface area contributed by atoms with Crippen molar-refractivity contribution in [1.29, 1.82) is 0 Å². The maximum Gasteiger partial charge on any atom is 0.272 e. The predicted molar refractivity (Wildman–Crippen MR) is 116 cm³/mol. The van der Waals surface area contributed by atoms with Crippen molar-refractivity contribution in [3.8, 4) is 0 Å². The van der Waals surface area contributed by atoms with Gasteiger partial charge in [-0.05, 0) is 43.7 Å². The van der Waals surface area contributed by atoms with Gasteiger partial charge in [0.1, 0.15) is 5.69 Å². The second kappa shape index (κ2) is 8.31. The minimum Gasteiger partial charge on any atom is -0.368 e. The number of hydrogen-bond donors (Lipinski definition) is 1. The summed E-state index contributed by atoms with van der Waals surface area (Å²) in [4.78, 5) is 26.2. The van der Waals surface area contributed by atoms with Crippen LogP contribution in [-0.4, -0.2) is 47.0 Å². The molecule has 3 aromatic rings. The second-order valence-electron chi connectivity index (χ2n) is 7.27. The number of aryl methyl sites for hydroxylation is 2. The molecule has 1 N–H and O–H groups in total. The molecule has 148 valence electrons. The van der Waals surface area contributed by atoms with Crippen molar-refractivity contribution in [2.45, 2.75) is 13.8 Å². The number of amides is 1. The third kappa shape index (κ3) is 4.37. The summed E-state index contributed by atoms with van der Waals surface area (Å²) < 4.78 is 0. The Morgan fingerprint density at radius 1 is 0.897 bits per heavy atom. The molecule has 0 spiro atoms. The molecule has 2 heterocycles. The summed E-state index contributed by atoms with van der Waals surface area (Å²) in [7, 11) is 0. The fourth-order valence-electron chi connectivity index (χ4n) is 3.54. The fraction of sp³-hybridized carbons (Fsp3) is 0.261. The lowest BCUT2D eigenvalue weighted by Gasteiger charge is -2.36. The molecule has 29 heavy (non-hydrogen) atoms. The molecular weight excluding hydrogens is 362 g/mol. The largest absolute Gasteiger partial charge is 0.368 e. The maximum atomic E-state index is 13.1. The third-order valence-electron chi connectivity index (χ3n) is 5.15. The topological polar surface area (TPSA) is 61.4 Å². The van der Waals surface area contributed by atoms with Gasteiger partial charge in [-0.2, -0.15) is 0 Å². The number of hydrogen-bond acceptors (Lipinski definition) is 5. The smallest absolute Gasteiger partial charge is 0.272 e. The van der Waals surface area contributed by atoms with Crippen LogP contribution in [0.2, 0.25) is 0 Å². The molecule has 0 radical (unpaired) electrons. The molecule has 1 aliphatic rings.